The topological polar surface area (TPSA) is 55.8 Å². The number of fused-ring (bicyclic) bond motifs is 1. The van der Waals surface area contributed by atoms with Gasteiger partial charge in [0.2, 0.25) is 5.91 Å². The number of rotatable bonds is 2. The number of amides is 1. The van der Waals surface area contributed by atoms with Crippen molar-refractivity contribution in [3.8, 4) is 0 Å². The smallest absolute Gasteiger partial charge is 0.312 e. The molecule has 6 heteroatoms. The predicted octanol–water partition coefficient (Wildman–Crippen LogP) is 1.80. The fraction of sp³-hybridized carbons (Fsp3) is 0.375. The summed E-state index contributed by atoms with van der Waals surface area (Å²) < 4.78 is 10.8. The molecule has 3 aliphatic rings. The summed E-state index contributed by atoms with van der Waals surface area (Å²) in [4.78, 5) is 26.6. The lowest BCUT2D eigenvalue weighted by Gasteiger charge is -2.22. The Morgan fingerprint density at radius 3 is 2.95 bits per heavy atom. The zero-order valence-corrected chi connectivity index (χ0v) is 12.6. The van der Waals surface area contributed by atoms with E-state index in [4.69, 9.17) is 21.1 Å². The largest absolute Gasteiger partial charge is 0.469 e. The molecule has 0 N–H and O–H groups in total. The number of halogens is 1. The first-order valence-corrected chi connectivity index (χ1v) is 7.46. The lowest BCUT2D eigenvalue weighted by Crippen LogP contribution is -2.39. The van der Waals surface area contributed by atoms with Crippen LogP contribution in [0.15, 0.2) is 36.4 Å². The van der Waals surface area contributed by atoms with Gasteiger partial charge in [-0.1, -0.05) is 35.9 Å². The van der Waals surface area contributed by atoms with E-state index in [0.29, 0.717) is 17.3 Å². The molecule has 0 unspecified atom stereocenters. The molecule has 0 radical (unpaired) electrons. The third-order valence-corrected chi connectivity index (χ3v) is 5.04. The summed E-state index contributed by atoms with van der Waals surface area (Å²) in [6.45, 7) is 0.362. The minimum Gasteiger partial charge on any atom is -0.469 e. The molecule has 114 valence electrons. The van der Waals surface area contributed by atoms with E-state index in [1.165, 1.54) is 7.11 Å². The third kappa shape index (κ3) is 1.63. The maximum absolute atomic E-state index is 12.9. The number of para-hydroxylation sites is 1. The molecule has 1 aromatic carbocycles. The van der Waals surface area contributed by atoms with Crippen molar-refractivity contribution in [2.75, 3.05) is 18.6 Å². The number of hydrogen-bond acceptors (Lipinski definition) is 4. The Bertz CT molecular complexity index is 703. The van der Waals surface area contributed by atoms with Crippen LogP contribution < -0.4 is 4.90 Å². The molecule has 0 aliphatic carbocycles. The number of methoxy groups -OCH3 is 1. The average Bonchev–Trinajstić information content (AvgIpc) is 3.15. The van der Waals surface area contributed by atoms with Crippen molar-refractivity contribution in [1.82, 2.24) is 0 Å². The molecule has 22 heavy (non-hydrogen) atoms. The molecular formula is C16H14ClNO4. The van der Waals surface area contributed by atoms with Crippen LogP contribution in [0.2, 0.25) is 5.02 Å². The molecule has 1 amide bonds. The van der Waals surface area contributed by atoms with Gasteiger partial charge in [-0.2, -0.15) is 0 Å². The summed E-state index contributed by atoms with van der Waals surface area (Å²) in [5, 5.41) is 0.500. The summed E-state index contributed by atoms with van der Waals surface area (Å²) in [5.74, 6) is -1.69. The highest BCUT2D eigenvalue weighted by atomic mass is 35.5. The van der Waals surface area contributed by atoms with Crippen LogP contribution in [0, 0.1) is 11.8 Å². The molecule has 0 saturated carbocycles. The number of anilines is 1. The first-order chi connectivity index (χ1) is 10.6. The van der Waals surface area contributed by atoms with E-state index >= 15 is 0 Å². The molecule has 2 fully saturated rings. The molecule has 4 atom stereocenters. The predicted molar refractivity (Wildman–Crippen MR) is 79.5 cm³/mol. The molecule has 1 spiro atoms. The molecule has 0 aromatic heterocycles. The molecule has 2 saturated heterocycles. The van der Waals surface area contributed by atoms with Crippen LogP contribution >= 0.6 is 11.6 Å². The van der Waals surface area contributed by atoms with E-state index in [0.717, 1.165) is 0 Å². The van der Waals surface area contributed by atoms with E-state index in [-0.39, 0.29) is 12.0 Å². The second-order valence-electron chi connectivity index (χ2n) is 5.80. The zero-order chi connectivity index (χ0) is 15.5. The first kappa shape index (κ1) is 13.8. The Morgan fingerprint density at radius 2 is 2.23 bits per heavy atom. The van der Waals surface area contributed by atoms with Gasteiger partial charge in [0, 0.05) is 0 Å². The standard InChI is InChI=1S/C16H14ClNO4/c1-21-15(20)12-11-6-7-16(22-11)8-18(14(19)13(12)16)10-5-3-2-4-9(10)17/h2-7,11-13H,8H2,1H3/t11-,12+,13+,16-/m0/s1. The Labute approximate surface area is 132 Å². The van der Waals surface area contributed by atoms with Gasteiger partial charge in [-0.15, -0.1) is 0 Å². The summed E-state index contributed by atoms with van der Waals surface area (Å²) in [6, 6.07) is 7.17. The van der Waals surface area contributed by atoms with Gasteiger partial charge < -0.3 is 14.4 Å². The molecule has 1 aromatic rings. The number of esters is 1. The molecule has 3 aliphatic heterocycles. The van der Waals surface area contributed by atoms with E-state index in [1.807, 2.05) is 24.3 Å². The SMILES string of the molecule is COC(=O)[C@@H]1[C@@H]2C=C[C@@]3(CN(c4ccccc4Cl)C(=O)[C@@H]13)O2. The van der Waals surface area contributed by atoms with Crippen LogP contribution in [0.1, 0.15) is 0 Å². The van der Waals surface area contributed by atoms with Crippen LogP contribution in [0.3, 0.4) is 0 Å². The number of carbonyl (C=O) groups excluding carboxylic acids is 2. The highest BCUT2D eigenvalue weighted by molar-refractivity contribution is 6.34. The van der Waals surface area contributed by atoms with Crippen LogP contribution in [0.25, 0.3) is 0 Å². The fourth-order valence-corrected chi connectivity index (χ4v) is 4.02. The number of benzene rings is 1. The molecule has 2 bridgehead atoms. The lowest BCUT2D eigenvalue weighted by molar-refractivity contribution is -0.149. The number of hydrogen-bond donors (Lipinski definition) is 0. The minimum absolute atomic E-state index is 0.143. The summed E-state index contributed by atoms with van der Waals surface area (Å²) >= 11 is 6.21. The Morgan fingerprint density at radius 1 is 1.45 bits per heavy atom. The number of nitrogens with zero attached hydrogens (tertiary/aromatic N) is 1. The first-order valence-electron chi connectivity index (χ1n) is 7.08. The highest BCUT2D eigenvalue weighted by Crippen LogP contribution is 2.53. The van der Waals surface area contributed by atoms with Gasteiger partial charge in [-0.3, -0.25) is 9.59 Å². The maximum atomic E-state index is 12.9. The maximum Gasteiger partial charge on any atom is 0.312 e. The quantitative estimate of drug-likeness (QED) is 0.616. The van der Waals surface area contributed by atoms with Gasteiger partial charge in [0.15, 0.2) is 0 Å². The third-order valence-electron chi connectivity index (χ3n) is 4.72. The Hall–Kier alpha value is -1.85. The van der Waals surface area contributed by atoms with E-state index < -0.39 is 23.4 Å². The second-order valence-corrected chi connectivity index (χ2v) is 6.21. The molecule has 3 heterocycles. The van der Waals surface area contributed by atoms with Crippen LogP contribution in [0.5, 0.6) is 0 Å². The highest BCUT2D eigenvalue weighted by Gasteiger charge is 2.67. The molecule has 5 nitrogen and oxygen atoms in total. The summed E-state index contributed by atoms with van der Waals surface area (Å²) in [5.41, 5.74) is -0.109. The Kier molecular flexibility index (Phi) is 2.86. The fourth-order valence-electron chi connectivity index (χ4n) is 3.78. The molecular weight excluding hydrogens is 306 g/mol. The van der Waals surface area contributed by atoms with Gasteiger partial charge in [0.1, 0.15) is 11.5 Å². The van der Waals surface area contributed by atoms with Gasteiger partial charge in [-0.25, -0.2) is 0 Å². The van der Waals surface area contributed by atoms with Crippen LogP contribution in [-0.2, 0) is 19.1 Å². The van der Waals surface area contributed by atoms with Crippen LogP contribution in [-0.4, -0.2) is 37.2 Å². The van der Waals surface area contributed by atoms with E-state index in [9.17, 15) is 9.59 Å². The summed E-state index contributed by atoms with van der Waals surface area (Å²) in [7, 11) is 1.33. The van der Waals surface area contributed by atoms with Gasteiger partial charge in [0.25, 0.3) is 0 Å². The van der Waals surface area contributed by atoms with E-state index in [1.54, 1.807) is 17.0 Å². The molecule has 4 rings (SSSR count). The van der Waals surface area contributed by atoms with Gasteiger partial charge in [0.05, 0.1) is 36.4 Å². The monoisotopic (exact) mass is 319 g/mol. The van der Waals surface area contributed by atoms with E-state index in [2.05, 4.69) is 0 Å². The number of carbonyl (C=O) groups is 2. The average molecular weight is 320 g/mol. The van der Waals surface area contributed by atoms with Gasteiger partial charge >= 0.3 is 5.97 Å². The second kappa shape index (κ2) is 4.57. The van der Waals surface area contributed by atoms with Crippen molar-refractivity contribution >= 4 is 29.2 Å². The minimum atomic E-state index is -0.750. The summed E-state index contributed by atoms with van der Waals surface area (Å²) in [6.07, 6.45) is 3.37. The normalized spacial score (nSPS) is 35.1. The van der Waals surface area contributed by atoms with Crippen molar-refractivity contribution in [3.05, 3.63) is 41.4 Å². The number of ether oxygens (including phenoxy) is 2. The van der Waals surface area contributed by atoms with Crippen molar-refractivity contribution in [2.24, 2.45) is 11.8 Å². The van der Waals surface area contributed by atoms with Gasteiger partial charge in [-0.05, 0) is 12.1 Å². The zero-order valence-electron chi connectivity index (χ0n) is 11.9. The van der Waals surface area contributed by atoms with Crippen molar-refractivity contribution in [3.63, 3.8) is 0 Å². The Balaban J connectivity index is 1.75. The van der Waals surface area contributed by atoms with Crippen molar-refractivity contribution < 1.29 is 19.1 Å². The van der Waals surface area contributed by atoms with Crippen LogP contribution in [0.4, 0.5) is 5.69 Å². The van der Waals surface area contributed by atoms with Crippen molar-refractivity contribution in [1.29, 1.82) is 0 Å². The lowest BCUT2D eigenvalue weighted by atomic mass is 9.77. The van der Waals surface area contributed by atoms with Crippen molar-refractivity contribution in [2.45, 2.75) is 11.7 Å².